The molecule has 2 aromatic rings. The van der Waals surface area contributed by atoms with Crippen molar-refractivity contribution in [3.8, 4) is 0 Å². The van der Waals surface area contributed by atoms with Crippen molar-refractivity contribution in [3.05, 3.63) is 30.0 Å². The Morgan fingerprint density at radius 3 is 2.82 bits per heavy atom. The van der Waals surface area contributed by atoms with Crippen molar-refractivity contribution in [2.75, 3.05) is 6.54 Å². The number of halogens is 2. The van der Waals surface area contributed by atoms with Gasteiger partial charge in [-0.15, -0.1) is 24.8 Å². The molecule has 1 fully saturated rings. The Morgan fingerprint density at radius 1 is 1.41 bits per heavy atom. The minimum absolute atomic E-state index is 0. The summed E-state index contributed by atoms with van der Waals surface area (Å²) in [5.41, 5.74) is 8.21. The predicted octanol–water partition coefficient (Wildman–Crippen LogP) is 2.48. The van der Waals surface area contributed by atoms with Crippen LogP contribution in [0.5, 0.6) is 0 Å². The molecule has 2 N–H and O–H groups in total. The number of nitrogens with zero attached hydrogens (tertiary/aromatic N) is 2. The minimum atomic E-state index is 0. The van der Waals surface area contributed by atoms with E-state index in [0.717, 1.165) is 12.1 Å². The molecule has 1 aliphatic carbocycles. The Labute approximate surface area is 113 Å². The maximum Gasteiger partial charge on any atom is 0.0926 e. The van der Waals surface area contributed by atoms with Crippen molar-refractivity contribution in [2.24, 2.45) is 18.7 Å². The van der Waals surface area contributed by atoms with Gasteiger partial charge in [-0.3, -0.25) is 4.68 Å². The van der Waals surface area contributed by atoms with Gasteiger partial charge in [-0.05, 0) is 36.4 Å². The van der Waals surface area contributed by atoms with Gasteiger partial charge >= 0.3 is 0 Å². The summed E-state index contributed by atoms with van der Waals surface area (Å²) in [5.74, 6) is 1.36. The van der Waals surface area contributed by atoms with Gasteiger partial charge in [0, 0.05) is 18.6 Å². The van der Waals surface area contributed by atoms with E-state index in [1.807, 2.05) is 11.7 Å². The molecule has 94 valence electrons. The number of rotatable bonds is 2. The van der Waals surface area contributed by atoms with Crippen LogP contribution in [0.1, 0.15) is 17.9 Å². The molecule has 5 heteroatoms. The van der Waals surface area contributed by atoms with Gasteiger partial charge in [0.25, 0.3) is 0 Å². The quantitative estimate of drug-likeness (QED) is 0.914. The van der Waals surface area contributed by atoms with Crippen molar-refractivity contribution in [1.82, 2.24) is 9.78 Å². The highest BCUT2D eigenvalue weighted by atomic mass is 35.5. The second kappa shape index (κ2) is 5.25. The van der Waals surface area contributed by atoms with E-state index >= 15 is 0 Å². The Bertz CT molecular complexity index is 509. The molecule has 1 heterocycles. The number of fused-ring (bicyclic) bond motifs is 1. The molecule has 1 aromatic carbocycles. The zero-order chi connectivity index (χ0) is 10.4. The Balaban J connectivity index is 0.000000722. The van der Waals surface area contributed by atoms with Crippen LogP contribution in [0, 0.1) is 5.92 Å². The molecule has 0 amide bonds. The van der Waals surface area contributed by atoms with Gasteiger partial charge < -0.3 is 5.73 Å². The lowest BCUT2D eigenvalue weighted by molar-refractivity contribution is 0.779. The average molecular weight is 274 g/mol. The highest BCUT2D eigenvalue weighted by Crippen LogP contribution is 2.48. The number of aryl methyl sites for hydroxylation is 1. The second-order valence-electron chi connectivity index (χ2n) is 4.42. The molecule has 0 radical (unpaired) electrons. The number of aromatic nitrogens is 2. The smallest absolute Gasteiger partial charge is 0.0926 e. The maximum absolute atomic E-state index is 5.69. The van der Waals surface area contributed by atoms with Crippen molar-refractivity contribution < 1.29 is 0 Å². The number of nitrogens with two attached hydrogens (primary N) is 1. The molecule has 3 rings (SSSR count). The molecule has 1 aliphatic rings. The summed E-state index contributed by atoms with van der Waals surface area (Å²) in [6.07, 6.45) is 3.35. The van der Waals surface area contributed by atoms with Gasteiger partial charge in [-0.25, -0.2) is 0 Å². The highest BCUT2D eigenvalue weighted by molar-refractivity contribution is 5.85. The number of hydrogen-bond donors (Lipinski definition) is 1. The van der Waals surface area contributed by atoms with Crippen LogP contribution in [0.3, 0.4) is 0 Å². The Morgan fingerprint density at radius 2 is 2.18 bits per heavy atom. The third-order valence-electron chi connectivity index (χ3n) is 3.32. The van der Waals surface area contributed by atoms with Gasteiger partial charge in [0.2, 0.25) is 0 Å². The first-order valence-corrected chi connectivity index (χ1v) is 5.42. The molecule has 0 bridgehead atoms. The van der Waals surface area contributed by atoms with Crippen molar-refractivity contribution in [1.29, 1.82) is 0 Å². The van der Waals surface area contributed by atoms with Crippen LogP contribution in [0.4, 0.5) is 0 Å². The van der Waals surface area contributed by atoms with Crippen LogP contribution in [-0.2, 0) is 7.05 Å². The van der Waals surface area contributed by atoms with Crippen LogP contribution in [0.2, 0.25) is 0 Å². The summed E-state index contributed by atoms with van der Waals surface area (Å²) < 4.78 is 1.88. The summed E-state index contributed by atoms with van der Waals surface area (Å²) in [6, 6.07) is 6.37. The summed E-state index contributed by atoms with van der Waals surface area (Å²) in [6.45, 7) is 0.807. The van der Waals surface area contributed by atoms with Gasteiger partial charge in [0.15, 0.2) is 0 Å². The van der Waals surface area contributed by atoms with Crippen molar-refractivity contribution >= 4 is 35.7 Å². The fraction of sp³-hybridized carbons (Fsp3) is 0.417. The minimum Gasteiger partial charge on any atom is -0.330 e. The fourth-order valence-corrected chi connectivity index (χ4v) is 2.40. The second-order valence-corrected chi connectivity index (χ2v) is 4.42. The Kier molecular flexibility index (Phi) is 4.42. The van der Waals surface area contributed by atoms with Crippen LogP contribution in [0.25, 0.3) is 10.9 Å². The van der Waals surface area contributed by atoms with E-state index in [-0.39, 0.29) is 24.8 Å². The lowest BCUT2D eigenvalue weighted by Gasteiger charge is -2.00. The third-order valence-corrected chi connectivity index (χ3v) is 3.32. The molecule has 0 saturated heterocycles. The van der Waals surface area contributed by atoms with E-state index < -0.39 is 0 Å². The van der Waals surface area contributed by atoms with E-state index in [9.17, 15) is 0 Å². The zero-order valence-corrected chi connectivity index (χ0v) is 11.3. The first-order valence-electron chi connectivity index (χ1n) is 5.42. The highest BCUT2D eigenvalue weighted by Gasteiger charge is 2.37. The molecule has 0 unspecified atom stereocenters. The van der Waals surface area contributed by atoms with Crippen LogP contribution in [0.15, 0.2) is 24.4 Å². The molecular formula is C12H17Cl2N3. The summed E-state index contributed by atoms with van der Waals surface area (Å²) in [4.78, 5) is 0. The normalized spacial score (nSPS) is 21.8. The van der Waals surface area contributed by atoms with Gasteiger partial charge in [0.1, 0.15) is 0 Å². The molecule has 3 nitrogen and oxygen atoms in total. The lowest BCUT2D eigenvalue weighted by Crippen LogP contribution is -2.01. The summed E-state index contributed by atoms with van der Waals surface area (Å²) in [7, 11) is 1.97. The molecule has 0 spiro atoms. The topological polar surface area (TPSA) is 43.8 Å². The zero-order valence-electron chi connectivity index (χ0n) is 9.67. The molecule has 2 atom stereocenters. The average Bonchev–Trinajstić information content (AvgIpc) is 2.91. The van der Waals surface area contributed by atoms with Crippen LogP contribution in [-0.4, -0.2) is 16.3 Å². The largest absolute Gasteiger partial charge is 0.330 e. The fourth-order valence-electron chi connectivity index (χ4n) is 2.40. The van der Waals surface area contributed by atoms with Crippen LogP contribution >= 0.6 is 24.8 Å². The third kappa shape index (κ3) is 2.41. The number of benzene rings is 1. The summed E-state index contributed by atoms with van der Waals surface area (Å²) >= 11 is 0. The molecule has 0 aliphatic heterocycles. The van der Waals surface area contributed by atoms with E-state index in [1.54, 1.807) is 0 Å². The molecule has 1 aromatic heterocycles. The first kappa shape index (κ1) is 14.3. The van der Waals surface area contributed by atoms with Gasteiger partial charge in [-0.1, -0.05) is 12.1 Å². The first-order chi connectivity index (χ1) is 7.29. The molecule has 17 heavy (non-hydrogen) atoms. The predicted molar refractivity (Wildman–Crippen MR) is 75.1 cm³/mol. The van der Waals surface area contributed by atoms with Crippen molar-refractivity contribution in [3.63, 3.8) is 0 Å². The van der Waals surface area contributed by atoms with Crippen molar-refractivity contribution in [2.45, 2.75) is 12.3 Å². The van der Waals surface area contributed by atoms with E-state index in [1.165, 1.54) is 17.4 Å². The molecule has 1 saturated carbocycles. The standard InChI is InChI=1S/C12H15N3.2ClH/c1-15-7-11-9(10-5-8(10)6-13)3-2-4-12(11)14-15;;/h2-4,7-8,10H,5-6,13H2,1H3;2*1H/t8-,10+;;/m1../s1. The van der Waals surface area contributed by atoms with E-state index in [2.05, 4.69) is 29.5 Å². The van der Waals surface area contributed by atoms with Gasteiger partial charge in [0.05, 0.1) is 5.52 Å². The van der Waals surface area contributed by atoms with Crippen LogP contribution < -0.4 is 5.73 Å². The summed E-state index contributed by atoms with van der Waals surface area (Å²) in [5, 5.41) is 5.71. The van der Waals surface area contributed by atoms with E-state index in [4.69, 9.17) is 5.73 Å². The number of hydrogen-bond acceptors (Lipinski definition) is 2. The van der Waals surface area contributed by atoms with Gasteiger partial charge in [-0.2, -0.15) is 5.10 Å². The lowest BCUT2D eigenvalue weighted by atomic mass is 10.0. The Hall–Kier alpha value is -0.770. The maximum atomic E-state index is 5.69. The molecular weight excluding hydrogens is 257 g/mol. The van der Waals surface area contributed by atoms with E-state index in [0.29, 0.717) is 11.8 Å². The monoisotopic (exact) mass is 273 g/mol. The SMILES string of the molecule is Cl.Cl.Cn1cc2c([C@H]3C[C@@H]3CN)cccc2n1.